The summed E-state index contributed by atoms with van der Waals surface area (Å²) in [7, 11) is -1.24. The summed E-state index contributed by atoms with van der Waals surface area (Å²) in [4.78, 5) is 21.5. The molecule has 0 saturated carbocycles. The molecule has 3 aromatic rings. The molecule has 10 heteroatoms. The first-order chi connectivity index (χ1) is 13.3. The van der Waals surface area contributed by atoms with Gasteiger partial charge in [0.25, 0.3) is 15.9 Å². The molecule has 0 unspecified atom stereocenters. The van der Waals surface area contributed by atoms with Gasteiger partial charge in [0.05, 0.1) is 17.7 Å². The number of aromatic nitrogens is 2. The Morgan fingerprint density at radius 1 is 1.14 bits per heavy atom. The lowest BCUT2D eigenvalue weighted by Crippen LogP contribution is -2.25. The Morgan fingerprint density at radius 3 is 2.43 bits per heavy atom. The Bertz CT molecular complexity index is 1090. The van der Waals surface area contributed by atoms with E-state index in [1.807, 2.05) is 0 Å². The minimum Gasteiger partial charge on any atom is -0.339 e. The quantitative estimate of drug-likeness (QED) is 0.630. The first-order valence-electron chi connectivity index (χ1n) is 8.17. The highest BCUT2D eigenvalue weighted by molar-refractivity contribution is 7.89. The zero-order valence-electron chi connectivity index (χ0n) is 15.4. The van der Waals surface area contributed by atoms with E-state index in [1.165, 1.54) is 38.4 Å². The lowest BCUT2D eigenvalue weighted by molar-refractivity contribution is -0.0258. The smallest absolute Gasteiger partial charge is 0.264 e. The average molecular weight is 402 g/mol. The number of anilines is 1. The molecule has 0 aliphatic rings. The van der Waals surface area contributed by atoms with E-state index in [1.54, 1.807) is 31.2 Å². The third-order valence-electron chi connectivity index (χ3n) is 3.95. The van der Waals surface area contributed by atoms with Crippen LogP contribution < -0.4 is 5.32 Å². The summed E-state index contributed by atoms with van der Waals surface area (Å²) in [5.74, 6) is 0.364. The van der Waals surface area contributed by atoms with Crippen molar-refractivity contribution in [1.29, 1.82) is 0 Å². The summed E-state index contributed by atoms with van der Waals surface area (Å²) < 4.78 is 30.2. The maximum atomic E-state index is 12.6. The van der Waals surface area contributed by atoms with Crippen molar-refractivity contribution in [3.63, 3.8) is 0 Å². The first-order valence-corrected chi connectivity index (χ1v) is 9.61. The number of carbonyl (C=O) groups excluding carboxylic acids is 1. The normalized spacial score (nSPS) is 11.6. The summed E-state index contributed by atoms with van der Waals surface area (Å²) in [6, 6.07) is 12.6. The predicted molar refractivity (Wildman–Crippen MR) is 101 cm³/mol. The van der Waals surface area contributed by atoms with E-state index in [2.05, 4.69) is 15.5 Å². The van der Waals surface area contributed by atoms with Gasteiger partial charge in [-0.2, -0.15) is 4.98 Å². The Morgan fingerprint density at radius 2 is 1.82 bits per heavy atom. The predicted octanol–water partition coefficient (Wildman–Crippen LogP) is 2.48. The number of hydrogen-bond acceptors (Lipinski definition) is 7. The number of sulfonamides is 1. The first kappa shape index (κ1) is 19.7. The fourth-order valence-corrected chi connectivity index (χ4v) is 3.39. The molecule has 146 valence electrons. The number of aryl methyl sites for hydroxylation is 1. The highest BCUT2D eigenvalue weighted by atomic mass is 32.2. The Kier molecular flexibility index (Phi) is 5.54. The molecule has 1 aromatic heterocycles. The zero-order valence-corrected chi connectivity index (χ0v) is 16.2. The van der Waals surface area contributed by atoms with Crippen LogP contribution in [0.3, 0.4) is 0 Å². The molecular weight excluding hydrogens is 384 g/mol. The largest absolute Gasteiger partial charge is 0.339 e. The molecule has 0 aliphatic heterocycles. The summed E-state index contributed by atoms with van der Waals surface area (Å²) in [5, 5.41) is 6.65. The number of amides is 1. The standard InChI is InChI=1S/C18H18N4O5S/c1-12-19-17(21-27-12)15-6-4-5-7-16(15)20-18(23)13-8-10-14(11-9-13)28(24,25)22(2)26-3/h4-11H,1-3H3,(H,20,23). The van der Waals surface area contributed by atoms with E-state index < -0.39 is 15.9 Å². The van der Waals surface area contributed by atoms with Crippen LogP contribution in [0.2, 0.25) is 0 Å². The van der Waals surface area contributed by atoms with Gasteiger partial charge in [-0.1, -0.05) is 21.8 Å². The Labute approximate surface area is 161 Å². The maximum Gasteiger partial charge on any atom is 0.264 e. The van der Waals surface area contributed by atoms with Crippen LogP contribution in [-0.2, 0) is 14.9 Å². The van der Waals surface area contributed by atoms with E-state index in [0.717, 1.165) is 4.47 Å². The van der Waals surface area contributed by atoms with Crippen LogP contribution in [-0.4, -0.2) is 43.1 Å². The molecule has 0 spiro atoms. The van der Waals surface area contributed by atoms with Crippen molar-refractivity contribution in [3.05, 3.63) is 60.0 Å². The topological polar surface area (TPSA) is 115 Å². The minimum atomic E-state index is -3.78. The molecule has 0 aliphatic carbocycles. The number of nitrogens with zero attached hydrogens (tertiary/aromatic N) is 3. The summed E-state index contributed by atoms with van der Waals surface area (Å²) >= 11 is 0. The Hall–Kier alpha value is -3.08. The molecule has 28 heavy (non-hydrogen) atoms. The monoisotopic (exact) mass is 402 g/mol. The van der Waals surface area contributed by atoms with Crippen LogP contribution >= 0.6 is 0 Å². The molecule has 2 aromatic carbocycles. The van der Waals surface area contributed by atoms with Crippen LogP contribution in [0, 0.1) is 6.92 Å². The van der Waals surface area contributed by atoms with Gasteiger partial charge in [-0.3, -0.25) is 9.63 Å². The number of para-hydroxylation sites is 1. The van der Waals surface area contributed by atoms with Crippen molar-refractivity contribution in [2.24, 2.45) is 0 Å². The second-order valence-electron chi connectivity index (χ2n) is 5.76. The van der Waals surface area contributed by atoms with E-state index in [9.17, 15) is 13.2 Å². The van der Waals surface area contributed by atoms with Crippen molar-refractivity contribution in [1.82, 2.24) is 14.6 Å². The zero-order chi connectivity index (χ0) is 20.3. The summed E-state index contributed by atoms with van der Waals surface area (Å²) in [6.07, 6.45) is 0. The fourth-order valence-electron chi connectivity index (χ4n) is 2.42. The number of hydrogen-bond donors (Lipinski definition) is 1. The highest BCUT2D eigenvalue weighted by Gasteiger charge is 2.21. The number of carbonyl (C=O) groups is 1. The number of benzene rings is 2. The number of rotatable bonds is 6. The molecule has 1 amide bonds. The van der Waals surface area contributed by atoms with E-state index in [4.69, 9.17) is 9.36 Å². The Balaban J connectivity index is 1.83. The molecule has 0 fully saturated rings. The molecule has 0 bridgehead atoms. The summed E-state index contributed by atoms with van der Waals surface area (Å²) in [5.41, 5.74) is 1.40. The molecule has 9 nitrogen and oxygen atoms in total. The molecule has 0 saturated heterocycles. The molecule has 3 rings (SSSR count). The van der Waals surface area contributed by atoms with Gasteiger partial charge in [-0.25, -0.2) is 8.42 Å². The SMILES string of the molecule is CON(C)S(=O)(=O)c1ccc(C(=O)Nc2ccccc2-c2noc(C)n2)cc1. The van der Waals surface area contributed by atoms with E-state index in [0.29, 0.717) is 23.0 Å². The van der Waals surface area contributed by atoms with Crippen LogP contribution in [0.4, 0.5) is 5.69 Å². The summed E-state index contributed by atoms with van der Waals surface area (Å²) in [6.45, 7) is 1.67. The molecule has 1 N–H and O–H groups in total. The third-order valence-corrected chi connectivity index (χ3v) is 5.65. The molecule has 1 heterocycles. The van der Waals surface area contributed by atoms with Crippen molar-refractivity contribution in [2.75, 3.05) is 19.5 Å². The average Bonchev–Trinajstić information content (AvgIpc) is 3.13. The van der Waals surface area contributed by atoms with Crippen molar-refractivity contribution in [2.45, 2.75) is 11.8 Å². The van der Waals surface area contributed by atoms with Crippen molar-refractivity contribution < 1.29 is 22.6 Å². The van der Waals surface area contributed by atoms with Gasteiger partial charge in [0.2, 0.25) is 11.7 Å². The second-order valence-corrected chi connectivity index (χ2v) is 7.69. The van der Waals surface area contributed by atoms with Crippen LogP contribution in [0.25, 0.3) is 11.4 Å². The maximum absolute atomic E-state index is 12.6. The van der Waals surface area contributed by atoms with Gasteiger partial charge in [0.15, 0.2) is 0 Å². The van der Waals surface area contributed by atoms with Gasteiger partial charge in [-0.15, -0.1) is 0 Å². The molecule has 0 radical (unpaired) electrons. The number of nitrogens with one attached hydrogen (secondary N) is 1. The minimum absolute atomic E-state index is 0.0103. The van der Waals surface area contributed by atoms with Crippen molar-refractivity contribution >= 4 is 21.6 Å². The van der Waals surface area contributed by atoms with Gasteiger partial charge in [0.1, 0.15) is 0 Å². The lowest BCUT2D eigenvalue weighted by atomic mass is 10.1. The number of hydroxylamine groups is 1. The highest BCUT2D eigenvalue weighted by Crippen LogP contribution is 2.26. The third kappa shape index (κ3) is 3.93. The van der Waals surface area contributed by atoms with Gasteiger partial charge < -0.3 is 9.84 Å². The lowest BCUT2D eigenvalue weighted by Gasteiger charge is -2.14. The van der Waals surface area contributed by atoms with E-state index >= 15 is 0 Å². The van der Waals surface area contributed by atoms with Crippen LogP contribution in [0.1, 0.15) is 16.2 Å². The van der Waals surface area contributed by atoms with Gasteiger partial charge >= 0.3 is 0 Å². The van der Waals surface area contributed by atoms with Crippen molar-refractivity contribution in [3.8, 4) is 11.4 Å². The molecular formula is C18H18N4O5S. The molecule has 0 atom stereocenters. The fraction of sp³-hybridized carbons (Fsp3) is 0.167. The van der Waals surface area contributed by atoms with Crippen LogP contribution in [0.15, 0.2) is 57.9 Å². The van der Waals surface area contributed by atoms with Crippen LogP contribution in [0.5, 0.6) is 0 Å². The van der Waals surface area contributed by atoms with E-state index in [-0.39, 0.29) is 10.5 Å². The van der Waals surface area contributed by atoms with Gasteiger partial charge in [0, 0.05) is 25.1 Å². The second kappa shape index (κ2) is 7.89. The van der Waals surface area contributed by atoms with Gasteiger partial charge in [-0.05, 0) is 36.4 Å².